The summed E-state index contributed by atoms with van der Waals surface area (Å²) in [5, 5.41) is 0. The molecule has 0 fully saturated rings. The Morgan fingerprint density at radius 1 is 0.568 bits per heavy atom. The molecule has 0 aromatic carbocycles. The lowest BCUT2D eigenvalue weighted by Crippen LogP contribution is -2.29. The molecule has 0 aliphatic carbocycles. The van der Waals surface area contributed by atoms with Gasteiger partial charge in [-0.3, -0.25) is 14.1 Å². The maximum absolute atomic E-state index is 12.2. The maximum Gasteiger partial charge on any atom is 0.469 e. The first-order chi connectivity index (χ1) is 21.1. The van der Waals surface area contributed by atoms with Gasteiger partial charge in [-0.2, -0.15) is 0 Å². The number of ether oxygens (including phenoxy) is 2. The van der Waals surface area contributed by atoms with Crippen molar-refractivity contribution in [2.75, 3.05) is 13.2 Å². The molecule has 0 amide bonds. The second-order valence-electron chi connectivity index (χ2n) is 13.0. The SMILES string of the molecule is CCCCCCCCCC(=O)O[C@H](COC(=O)CCCCCCCCCCCCCCCCCCC(C)C)COP(=O)(O)O. The van der Waals surface area contributed by atoms with Crippen LogP contribution in [0.5, 0.6) is 0 Å². The third-order valence-corrected chi connectivity index (χ3v) is 8.54. The van der Waals surface area contributed by atoms with E-state index in [1.807, 2.05) is 0 Å². The van der Waals surface area contributed by atoms with Crippen LogP contribution in [0.2, 0.25) is 0 Å². The van der Waals surface area contributed by atoms with Gasteiger partial charge in [0.15, 0.2) is 6.10 Å². The van der Waals surface area contributed by atoms with Crippen LogP contribution in [0, 0.1) is 5.92 Å². The Balaban J connectivity index is 3.80. The summed E-state index contributed by atoms with van der Waals surface area (Å²) in [4.78, 5) is 42.4. The van der Waals surface area contributed by atoms with E-state index in [2.05, 4.69) is 25.3 Å². The molecule has 0 radical (unpaired) electrons. The molecule has 0 spiro atoms. The van der Waals surface area contributed by atoms with Crippen molar-refractivity contribution in [1.29, 1.82) is 0 Å². The van der Waals surface area contributed by atoms with E-state index in [0.29, 0.717) is 6.42 Å². The van der Waals surface area contributed by atoms with Crippen molar-refractivity contribution in [2.24, 2.45) is 5.92 Å². The number of carbonyl (C=O) groups is 2. The van der Waals surface area contributed by atoms with Crippen LogP contribution in [0.4, 0.5) is 0 Å². The van der Waals surface area contributed by atoms with Crippen LogP contribution in [0.15, 0.2) is 0 Å². The van der Waals surface area contributed by atoms with Crippen molar-refractivity contribution in [2.45, 2.75) is 194 Å². The lowest BCUT2D eigenvalue weighted by molar-refractivity contribution is -0.161. The average Bonchev–Trinajstić information content (AvgIpc) is 2.96. The van der Waals surface area contributed by atoms with Gasteiger partial charge in [-0.1, -0.05) is 162 Å². The second kappa shape index (κ2) is 30.7. The smallest absolute Gasteiger partial charge is 0.462 e. The van der Waals surface area contributed by atoms with Crippen LogP contribution in [-0.2, 0) is 28.2 Å². The number of hydrogen-bond donors (Lipinski definition) is 2. The largest absolute Gasteiger partial charge is 0.469 e. The van der Waals surface area contributed by atoms with Crippen LogP contribution in [0.1, 0.15) is 188 Å². The first kappa shape index (κ1) is 43.0. The molecule has 0 unspecified atom stereocenters. The van der Waals surface area contributed by atoms with E-state index in [1.54, 1.807) is 0 Å². The molecule has 8 nitrogen and oxygen atoms in total. The molecule has 0 saturated carbocycles. The molecule has 0 aromatic heterocycles. The Kier molecular flexibility index (Phi) is 30.0. The predicted molar refractivity (Wildman–Crippen MR) is 179 cm³/mol. The molecule has 0 saturated heterocycles. The third-order valence-electron chi connectivity index (χ3n) is 8.05. The summed E-state index contributed by atoms with van der Waals surface area (Å²) in [6.45, 7) is 5.98. The molecule has 0 bridgehead atoms. The predicted octanol–water partition coefficient (Wildman–Crippen LogP) is 10.4. The normalized spacial score (nSPS) is 12.5. The molecular weight excluding hydrogens is 579 g/mol. The Hall–Kier alpha value is -0.950. The molecule has 0 heterocycles. The van der Waals surface area contributed by atoms with Crippen molar-refractivity contribution in [1.82, 2.24) is 0 Å². The summed E-state index contributed by atoms with van der Waals surface area (Å²) >= 11 is 0. The van der Waals surface area contributed by atoms with Crippen LogP contribution < -0.4 is 0 Å². The summed E-state index contributed by atoms with van der Waals surface area (Å²) in [5.74, 6) is -0.0381. The minimum atomic E-state index is -4.73. The first-order valence-electron chi connectivity index (χ1n) is 18.2. The van der Waals surface area contributed by atoms with Crippen molar-refractivity contribution in [3.8, 4) is 0 Å². The third kappa shape index (κ3) is 33.9. The molecule has 44 heavy (non-hydrogen) atoms. The van der Waals surface area contributed by atoms with Crippen molar-refractivity contribution in [3.63, 3.8) is 0 Å². The minimum Gasteiger partial charge on any atom is -0.462 e. The minimum absolute atomic E-state index is 0.215. The highest BCUT2D eigenvalue weighted by molar-refractivity contribution is 7.46. The topological polar surface area (TPSA) is 119 Å². The number of phosphoric acid groups is 1. The van der Waals surface area contributed by atoms with Gasteiger partial charge in [0.25, 0.3) is 0 Å². The van der Waals surface area contributed by atoms with E-state index in [1.165, 1.54) is 109 Å². The van der Waals surface area contributed by atoms with Gasteiger partial charge in [-0.25, -0.2) is 4.57 Å². The van der Waals surface area contributed by atoms with Gasteiger partial charge in [0.1, 0.15) is 6.61 Å². The van der Waals surface area contributed by atoms with E-state index in [4.69, 9.17) is 19.3 Å². The van der Waals surface area contributed by atoms with Gasteiger partial charge in [-0.15, -0.1) is 0 Å². The highest BCUT2D eigenvalue weighted by Crippen LogP contribution is 2.36. The molecular formula is C35H69O8P. The quantitative estimate of drug-likeness (QED) is 0.0410. The fourth-order valence-corrected chi connectivity index (χ4v) is 5.68. The molecule has 0 aromatic rings. The van der Waals surface area contributed by atoms with Crippen LogP contribution in [0.25, 0.3) is 0 Å². The zero-order valence-electron chi connectivity index (χ0n) is 28.7. The average molecular weight is 649 g/mol. The fourth-order valence-electron chi connectivity index (χ4n) is 5.32. The Bertz CT molecular complexity index is 709. The molecule has 9 heteroatoms. The number of phosphoric ester groups is 1. The van der Waals surface area contributed by atoms with E-state index in [-0.39, 0.29) is 19.4 Å². The summed E-state index contributed by atoms with van der Waals surface area (Å²) in [6, 6.07) is 0. The van der Waals surface area contributed by atoms with Gasteiger partial charge in [-0.05, 0) is 18.8 Å². The molecule has 1 atom stereocenters. The summed E-state index contributed by atoms with van der Waals surface area (Å²) < 4.78 is 26.1. The van der Waals surface area contributed by atoms with Gasteiger partial charge in [0, 0.05) is 12.8 Å². The lowest BCUT2D eigenvalue weighted by atomic mass is 10.0. The Morgan fingerprint density at radius 3 is 1.36 bits per heavy atom. The highest BCUT2D eigenvalue weighted by Gasteiger charge is 2.22. The number of carbonyl (C=O) groups excluding carboxylic acids is 2. The highest BCUT2D eigenvalue weighted by atomic mass is 31.2. The van der Waals surface area contributed by atoms with Gasteiger partial charge < -0.3 is 19.3 Å². The van der Waals surface area contributed by atoms with Gasteiger partial charge in [0.05, 0.1) is 6.61 Å². The van der Waals surface area contributed by atoms with E-state index >= 15 is 0 Å². The molecule has 0 rings (SSSR count). The maximum atomic E-state index is 12.2. The Labute approximate surface area is 270 Å². The van der Waals surface area contributed by atoms with Gasteiger partial charge in [0.2, 0.25) is 0 Å². The zero-order valence-corrected chi connectivity index (χ0v) is 29.6. The Morgan fingerprint density at radius 2 is 0.955 bits per heavy atom. The first-order valence-corrected chi connectivity index (χ1v) is 19.7. The van der Waals surface area contributed by atoms with Gasteiger partial charge >= 0.3 is 19.8 Å². The van der Waals surface area contributed by atoms with Crippen molar-refractivity contribution < 1.29 is 37.9 Å². The molecule has 262 valence electrons. The van der Waals surface area contributed by atoms with Crippen molar-refractivity contribution >= 4 is 19.8 Å². The fraction of sp³-hybridized carbons (Fsp3) is 0.943. The van der Waals surface area contributed by atoms with E-state index in [0.717, 1.165) is 44.4 Å². The monoisotopic (exact) mass is 648 g/mol. The number of rotatable bonds is 33. The number of esters is 2. The standard InChI is InChI=1S/C35H69O8P/c1-4-5-6-7-18-23-26-29-35(37)43-33(31-42-44(38,39)40)30-41-34(36)28-25-22-20-17-15-13-11-9-8-10-12-14-16-19-21-24-27-32(2)3/h32-33H,4-31H2,1-3H3,(H2,38,39,40)/t33-/m1/s1. The molecule has 2 N–H and O–H groups in total. The molecule has 0 aliphatic rings. The van der Waals surface area contributed by atoms with Crippen LogP contribution in [0.3, 0.4) is 0 Å². The van der Waals surface area contributed by atoms with Crippen LogP contribution >= 0.6 is 7.82 Å². The number of hydrogen-bond acceptors (Lipinski definition) is 6. The lowest BCUT2D eigenvalue weighted by Gasteiger charge is -2.18. The summed E-state index contributed by atoms with van der Waals surface area (Å²) in [6.07, 6.45) is 28.6. The van der Waals surface area contributed by atoms with E-state index < -0.39 is 32.5 Å². The molecule has 0 aliphatic heterocycles. The summed E-state index contributed by atoms with van der Waals surface area (Å²) in [5.41, 5.74) is 0. The zero-order chi connectivity index (χ0) is 32.7. The van der Waals surface area contributed by atoms with Crippen molar-refractivity contribution in [3.05, 3.63) is 0 Å². The summed E-state index contributed by atoms with van der Waals surface area (Å²) in [7, 11) is -4.73. The van der Waals surface area contributed by atoms with Crippen LogP contribution in [-0.4, -0.2) is 41.0 Å². The second-order valence-corrected chi connectivity index (χ2v) is 14.3. The van der Waals surface area contributed by atoms with E-state index in [9.17, 15) is 14.2 Å². The number of unbranched alkanes of at least 4 members (excludes halogenated alkanes) is 21.